The fourth-order valence-electron chi connectivity index (χ4n) is 1.84. The van der Waals surface area contributed by atoms with Gasteiger partial charge in [-0.2, -0.15) is 0 Å². The molecule has 0 spiro atoms. The summed E-state index contributed by atoms with van der Waals surface area (Å²) in [5.74, 6) is -1.10. The van der Waals surface area contributed by atoms with Crippen molar-refractivity contribution in [2.75, 3.05) is 6.54 Å². The molecule has 0 aliphatic rings. The quantitative estimate of drug-likeness (QED) is 0.750. The summed E-state index contributed by atoms with van der Waals surface area (Å²) in [6, 6.07) is 14.2. The van der Waals surface area contributed by atoms with Crippen molar-refractivity contribution in [1.82, 2.24) is 5.32 Å². The first-order valence-electron chi connectivity index (χ1n) is 6.97. The van der Waals surface area contributed by atoms with Crippen molar-refractivity contribution in [3.8, 4) is 0 Å². The van der Waals surface area contributed by atoms with E-state index in [0.717, 1.165) is 5.56 Å². The van der Waals surface area contributed by atoms with Crippen LogP contribution in [-0.4, -0.2) is 26.8 Å². The van der Waals surface area contributed by atoms with Gasteiger partial charge in [-0.15, -0.1) is 0 Å². The first-order chi connectivity index (χ1) is 11.4. The van der Waals surface area contributed by atoms with Crippen molar-refractivity contribution >= 4 is 21.9 Å². The Morgan fingerprint density at radius 2 is 1.62 bits per heavy atom. The molecule has 0 aromatic heterocycles. The number of ether oxygens (including phenoxy) is 1. The number of sulfonamides is 1. The van der Waals surface area contributed by atoms with Crippen LogP contribution in [0.25, 0.3) is 0 Å². The zero-order chi connectivity index (χ0) is 17.6. The van der Waals surface area contributed by atoms with Crippen LogP contribution in [0.4, 0.5) is 0 Å². The van der Waals surface area contributed by atoms with Crippen LogP contribution in [0.3, 0.4) is 0 Å². The third kappa shape index (κ3) is 5.18. The van der Waals surface area contributed by atoms with Gasteiger partial charge < -0.3 is 10.1 Å². The summed E-state index contributed by atoms with van der Waals surface area (Å²) in [5.41, 5.74) is 1.05. The Morgan fingerprint density at radius 1 is 1.00 bits per heavy atom. The van der Waals surface area contributed by atoms with Gasteiger partial charge in [-0.25, -0.2) is 13.6 Å². The molecule has 0 bridgehead atoms. The van der Waals surface area contributed by atoms with Crippen LogP contribution in [0, 0.1) is 0 Å². The molecule has 0 fully saturated rings. The van der Waals surface area contributed by atoms with Gasteiger partial charge in [0.05, 0.1) is 4.90 Å². The summed E-state index contributed by atoms with van der Waals surface area (Å²) in [7, 11) is -3.81. The summed E-state index contributed by atoms with van der Waals surface area (Å²) in [6.45, 7) is -0.165. The number of nitrogens with one attached hydrogen (secondary N) is 1. The second-order valence-corrected chi connectivity index (χ2v) is 6.46. The highest BCUT2D eigenvalue weighted by molar-refractivity contribution is 7.89. The molecule has 24 heavy (non-hydrogen) atoms. The number of esters is 1. The molecule has 3 N–H and O–H groups in total. The van der Waals surface area contributed by atoms with Gasteiger partial charge >= 0.3 is 5.97 Å². The average Bonchev–Trinajstić information content (AvgIpc) is 2.58. The maximum atomic E-state index is 11.9. The van der Waals surface area contributed by atoms with E-state index in [1.165, 1.54) is 24.3 Å². The van der Waals surface area contributed by atoms with Crippen LogP contribution in [-0.2, 0) is 26.2 Å². The highest BCUT2D eigenvalue weighted by Gasteiger charge is 2.11. The second kappa shape index (κ2) is 7.71. The standard InChI is InChI=1S/C16H16N2O5S/c17-24(21,22)14-8-6-13(7-9-14)16(20)18-10-15(19)23-11-12-4-2-1-3-5-12/h1-9H,10-11H2,(H,18,20)(H2,17,21,22). The molecule has 0 atom stereocenters. The predicted molar refractivity (Wildman–Crippen MR) is 86.4 cm³/mol. The van der Waals surface area contributed by atoms with Crippen LogP contribution in [0.15, 0.2) is 59.5 Å². The fourth-order valence-corrected chi connectivity index (χ4v) is 2.36. The number of amides is 1. The van der Waals surface area contributed by atoms with E-state index in [2.05, 4.69) is 5.32 Å². The monoisotopic (exact) mass is 348 g/mol. The Hall–Kier alpha value is -2.71. The van der Waals surface area contributed by atoms with E-state index in [1.54, 1.807) is 0 Å². The summed E-state index contributed by atoms with van der Waals surface area (Å²) in [5, 5.41) is 7.37. The molecule has 126 valence electrons. The molecule has 0 aliphatic heterocycles. The van der Waals surface area contributed by atoms with Gasteiger partial charge in [-0.1, -0.05) is 30.3 Å². The summed E-state index contributed by atoms with van der Waals surface area (Å²) < 4.78 is 27.3. The average molecular weight is 348 g/mol. The zero-order valence-electron chi connectivity index (χ0n) is 12.6. The molecule has 1 amide bonds. The van der Waals surface area contributed by atoms with E-state index in [4.69, 9.17) is 9.88 Å². The van der Waals surface area contributed by atoms with Crippen molar-refractivity contribution in [3.63, 3.8) is 0 Å². The highest BCUT2D eigenvalue weighted by Crippen LogP contribution is 2.08. The topological polar surface area (TPSA) is 116 Å². The van der Waals surface area contributed by atoms with Gasteiger partial charge in [-0.05, 0) is 29.8 Å². The number of hydrogen-bond acceptors (Lipinski definition) is 5. The molecule has 2 aromatic carbocycles. The molecular weight excluding hydrogens is 332 g/mol. The minimum Gasteiger partial charge on any atom is -0.460 e. The minimum atomic E-state index is -3.81. The van der Waals surface area contributed by atoms with Crippen LogP contribution in [0.2, 0.25) is 0 Å². The number of hydrogen-bond donors (Lipinski definition) is 2. The number of carbonyl (C=O) groups excluding carboxylic acids is 2. The van der Waals surface area contributed by atoms with Crippen molar-refractivity contribution in [2.45, 2.75) is 11.5 Å². The van der Waals surface area contributed by atoms with Crippen molar-refractivity contribution in [3.05, 3.63) is 65.7 Å². The lowest BCUT2D eigenvalue weighted by atomic mass is 10.2. The number of benzene rings is 2. The van der Waals surface area contributed by atoms with E-state index in [0.29, 0.717) is 0 Å². The molecule has 0 aliphatic carbocycles. The van der Waals surface area contributed by atoms with Gasteiger partial charge in [-0.3, -0.25) is 9.59 Å². The summed E-state index contributed by atoms with van der Waals surface area (Å²) >= 11 is 0. The summed E-state index contributed by atoms with van der Waals surface area (Å²) in [6.07, 6.45) is 0. The van der Waals surface area contributed by atoms with E-state index in [9.17, 15) is 18.0 Å². The SMILES string of the molecule is NS(=O)(=O)c1ccc(C(=O)NCC(=O)OCc2ccccc2)cc1. The lowest BCUT2D eigenvalue weighted by Crippen LogP contribution is -2.30. The van der Waals surface area contributed by atoms with Gasteiger partial charge in [0.15, 0.2) is 0 Å². The molecule has 2 rings (SSSR count). The zero-order valence-corrected chi connectivity index (χ0v) is 13.5. The van der Waals surface area contributed by atoms with Gasteiger partial charge in [0.1, 0.15) is 13.2 Å². The van der Waals surface area contributed by atoms with E-state index < -0.39 is 21.9 Å². The second-order valence-electron chi connectivity index (χ2n) is 4.90. The molecule has 0 saturated carbocycles. The van der Waals surface area contributed by atoms with Crippen LogP contribution in [0.5, 0.6) is 0 Å². The number of rotatable bonds is 6. The van der Waals surface area contributed by atoms with Crippen LogP contribution in [0.1, 0.15) is 15.9 Å². The minimum absolute atomic E-state index is 0.0960. The lowest BCUT2D eigenvalue weighted by molar-refractivity contribution is -0.143. The first-order valence-corrected chi connectivity index (χ1v) is 8.51. The van der Waals surface area contributed by atoms with Crippen molar-refractivity contribution in [2.24, 2.45) is 5.14 Å². The molecule has 0 heterocycles. The van der Waals surface area contributed by atoms with E-state index in [1.807, 2.05) is 30.3 Å². The maximum absolute atomic E-state index is 11.9. The Labute approximate surface area is 139 Å². The van der Waals surface area contributed by atoms with Crippen molar-refractivity contribution in [1.29, 1.82) is 0 Å². The Kier molecular flexibility index (Phi) is 5.67. The third-order valence-corrected chi connectivity index (χ3v) is 4.01. The Morgan fingerprint density at radius 3 is 2.21 bits per heavy atom. The first kappa shape index (κ1) is 17.6. The third-order valence-electron chi connectivity index (χ3n) is 3.08. The Bertz CT molecular complexity index is 817. The Balaban J connectivity index is 1.83. The van der Waals surface area contributed by atoms with Crippen LogP contribution < -0.4 is 10.5 Å². The maximum Gasteiger partial charge on any atom is 0.325 e. The van der Waals surface area contributed by atoms with E-state index in [-0.39, 0.29) is 23.6 Å². The van der Waals surface area contributed by atoms with Gasteiger partial charge in [0.2, 0.25) is 10.0 Å². The van der Waals surface area contributed by atoms with Gasteiger partial charge in [0.25, 0.3) is 5.91 Å². The number of primary sulfonamides is 1. The number of carbonyl (C=O) groups is 2. The smallest absolute Gasteiger partial charge is 0.325 e. The molecule has 8 heteroatoms. The summed E-state index contributed by atoms with van der Waals surface area (Å²) in [4.78, 5) is 23.4. The molecule has 0 unspecified atom stereocenters. The van der Waals surface area contributed by atoms with Crippen LogP contribution >= 0.6 is 0 Å². The highest BCUT2D eigenvalue weighted by atomic mass is 32.2. The molecule has 0 radical (unpaired) electrons. The van der Waals surface area contributed by atoms with Crippen molar-refractivity contribution < 1.29 is 22.7 Å². The van der Waals surface area contributed by atoms with E-state index >= 15 is 0 Å². The molecule has 7 nitrogen and oxygen atoms in total. The largest absolute Gasteiger partial charge is 0.460 e. The molecule has 0 saturated heterocycles. The predicted octanol–water partition coefficient (Wildman–Crippen LogP) is 0.807. The normalized spacial score (nSPS) is 10.9. The molecular formula is C16H16N2O5S. The fraction of sp³-hybridized carbons (Fsp3) is 0.125. The number of nitrogens with two attached hydrogens (primary N) is 1. The molecule has 2 aromatic rings. The lowest BCUT2D eigenvalue weighted by Gasteiger charge is -2.07. The van der Waals surface area contributed by atoms with Gasteiger partial charge in [0, 0.05) is 5.56 Å².